The summed E-state index contributed by atoms with van der Waals surface area (Å²) in [5.41, 5.74) is 3.72. The minimum absolute atomic E-state index is 0.208. The molecule has 1 aliphatic rings. The zero-order chi connectivity index (χ0) is 21.6. The third-order valence-corrected chi connectivity index (χ3v) is 5.67. The molecule has 2 nitrogen and oxygen atoms in total. The predicted octanol–water partition coefficient (Wildman–Crippen LogP) is 7.29. The van der Waals surface area contributed by atoms with Gasteiger partial charge in [0.25, 0.3) is 0 Å². The van der Waals surface area contributed by atoms with Crippen LogP contribution in [0.25, 0.3) is 16.5 Å². The lowest BCUT2D eigenvalue weighted by molar-refractivity contribution is -0.137. The summed E-state index contributed by atoms with van der Waals surface area (Å²) < 4.78 is 48.0. The third-order valence-electron chi connectivity index (χ3n) is 5.67. The summed E-state index contributed by atoms with van der Waals surface area (Å²) in [6.07, 6.45) is -4.45. The first kappa shape index (κ1) is 19.5. The molecule has 0 N–H and O–H groups in total. The Morgan fingerprint density at radius 3 is 2.39 bits per heavy atom. The van der Waals surface area contributed by atoms with E-state index in [4.69, 9.17) is 4.42 Å². The highest BCUT2D eigenvalue weighted by atomic mass is 19.4. The first-order valence-corrected chi connectivity index (χ1v) is 10.1. The van der Waals surface area contributed by atoms with Crippen molar-refractivity contribution in [3.8, 4) is 0 Å². The molecule has 2 heterocycles. The van der Waals surface area contributed by atoms with Crippen LogP contribution in [0.1, 0.15) is 29.4 Å². The van der Waals surface area contributed by atoms with Crippen molar-refractivity contribution in [1.82, 2.24) is 0 Å². The van der Waals surface area contributed by atoms with Gasteiger partial charge in [-0.05, 0) is 41.8 Å². The Morgan fingerprint density at radius 1 is 0.903 bits per heavy atom. The van der Waals surface area contributed by atoms with Crippen molar-refractivity contribution in [1.29, 1.82) is 0 Å². The van der Waals surface area contributed by atoms with Crippen LogP contribution in [0.3, 0.4) is 0 Å². The highest BCUT2D eigenvalue weighted by Crippen LogP contribution is 2.46. The van der Waals surface area contributed by atoms with E-state index in [0.29, 0.717) is 17.9 Å². The van der Waals surface area contributed by atoms with Crippen molar-refractivity contribution in [2.75, 3.05) is 11.4 Å². The molecule has 0 aliphatic carbocycles. The number of anilines is 1. The molecule has 0 saturated heterocycles. The average molecular weight is 419 g/mol. The zero-order valence-corrected chi connectivity index (χ0v) is 16.9. The highest BCUT2D eigenvalue weighted by Gasteiger charge is 2.38. The number of alkyl halides is 3. The molecule has 0 atom stereocenters. The van der Waals surface area contributed by atoms with E-state index in [-0.39, 0.29) is 12.2 Å². The van der Waals surface area contributed by atoms with Gasteiger partial charge in [0.2, 0.25) is 0 Å². The van der Waals surface area contributed by atoms with Crippen LogP contribution in [-0.4, -0.2) is 6.54 Å². The summed E-state index contributed by atoms with van der Waals surface area (Å²) in [5, 5.41) is 0.941. The van der Waals surface area contributed by atoms with Crippen LogP contribution in [0.15, 0.2) is 88.9 Å². The van der Waals surface area contributed by atoms with Crippen LogP contribution in [0.5, 0.6) is 0 Å². The minimum atomic E-state index is -4.45. The summed E-state index contributed by atoms with van der Waals surface area (Å²) in [6.45, 7) is 2.63. The summed E-state index contributed by atoms with van der Waals surface area (Å²) in [5.74, 6) is 0.639. The molecule has 0 amide bonds. The van der Waals surface area contributed by atoms with Gasteiger partial charge in [0, 0.05) is 17.5 Å². The number of para-hydroxylation sites is 2. The van der Waals surface area contributed by atoms with Gasteiger partial charge < -0.3 is 9.32 Å². The van der Waals surface area contributed by atoms with Crippen LogP contribution in [0.2, 0.25) is 0 Å². The molecular weight excluding hydrogens is 399 g/mol. The second-order valence-electron chi connectivity index (χ2n) is 7.83. The van der Waals surface area contributed by atoms with Crippen LogP contribution in [0.4, 0.5) is 18.9 Å². The maximum Gasteiger partial charge on any atom is 0.418 e. The fourth-order valence-electron chi connectivity index (χ4n) is 4.43. The van der Waals surface area contributed by atoms with Crippen LogP contribution < -0.4 is 4.90 Å². The largest absolute Gasteiger partial charge is 0.459 e. The fourth-order valence-corrected chi connectivity index (χ4v) is 4.43. The van der Waals surface area contributed by atoms with Gasteiger partial charge in [0.1, 0.15) is 11.3 Å². The summed E-state index contributed by atoms with van der Waals surface area (Å²) in [4.78, 5) is 1.78. The molecule has 0 fully saturated rings. The highest BCUT2D eigenvalue weighted by molar-refractivity contribution is 5.92. The second kappa shape index (κ2) is 7.34. The van der Waals surface area contributed by atoms with Gasteiger partial charge in [0.15, 0.2) is 0 Å². The van der Waals surface area contributed by atoms with E-state index >= 15 is 0 Å². The summed E-state index contributed by atoms with van der Waals surface area (Å²) >= 11 is 0. The smallest absolute Gasteiger partial charge is 0.418 e. The molecule has 5 rings (SSSR count). The van der Waals surface area contributed by atoms with E-state index in [0.717, 1.165) is 33.7 Å². The molecule has 4 aromatic rings. The Kier molecular flexibility index (Phi) is 4.62. The predicted molar refractivity (Wildman–Crippen MR) is 117 cm³/mol. The Bertz CT molecular complexity index is 1250. The van der Waals surface area contributed by atoms with E-state index in [9.17, 15) is 13.2 Å². The molecule has 156 valence electrons. The fraction of sp³-hybridized carbons (Fsp3) is 0.154. The topological polar surface area (TPSA) is 16.4 Å². The van der Waals surface area contributed by atoms with Crippen molar-refractivity contribution >= 4 is 22.2 Å². The van der Waals surface area contributed by atoms with Crippen LogP contribution in [0, 0.1) is 0 Å². The molecule has 3 aromatic carbocycles. The Labute approximate surface area is 178 Å². The van der Waals surface area contributed by atoms with Gasteiger partial charge in [-0.1, -0.05) is 60.7 Å². The van der Waals surface area contributed by atoms with Gasteiger partial charge >= 0.3 is 6.18 Å². The first-order chi connectivity index (χ1) is 14.9. The molecular formula is C26H20F3NO. The first-order valence-electron chi connectivity index (χ1n) is 10.1. The third kappa shape index (κ3) is 3.50. The quantitative estimate of drug-likeness (QED) is 0.347. The molecule has 0 radical (unpaired) electrons. The molecule has 5 heteroatoms. The number of halogens is 3. The monoisotopic (exact) mass is 419 g/mol. The molecule has 1 aromatic heterocycles. The van der Waals surface area contributed by atoms with Gasteiger partial charge in [-0.3, -0.25) is 0 Å². The molecule has 0 saturated carbocycles. The normalized spacial score (nSPS) is 14.3. The van der Waals surface area contributed by atoms with Crippen molar-refractivity contribution in [3.05, 3.63) is 107 Å². The van der Waals surface area contributed by atoms with Crippen LogP contribution in [-0.2, 0) is 12.7 Å². The number of hydrogen-bond donors (Lipinski definition) is 0. The summed E-state index contributed by atoms with van der Waals surface area (Å²) in [7, 11) is 0. The van der Waals surface area contributed by atoms with E-state index in [1.807, 2.05) is 67.6 Å². The maximum atomic E-state index is 14.0. The molecule has 0 spiro atoms. The van der Waals surface area contributed by atoms with Crippen LogP contribution >= 0.6 is 0 Å². The van der Waals surface area contributed by atoms with Crippen molar-refractivity contribution in [2.45, 2.75) is 19.6 Å². The molecule has 0 bridgehead atoms. The number of furan rings is 1. The lowest BCUT2D eigenvalue weighted by atomic mass is 9.87. The Balaban J connectivity index is 1.66. The lowest BCUT2D eigenvalue weighted by Crippen LogP contribution is -2.31. The molecule has 1 aliphatic heterocycles. The average Bonchev–Trinajstić information content (AvgIpc) is 3.15. The maximum absolute atomic E-state index is 14.0. The Morgan fingerprint density at radius 2 is 1.65 bits per heavy atom. The van der Waals surface area contributed by atoms with Gasteiger partial charge in [-0.2, -0.15) is 13.2 Å². The molecule has 31 heavy (non-hydrogen) atoms. The van der Waals surface area contributed by atoms with Crippen molar-refractivity contribution in [3.63, 3.8) is 0 Å². The number of nitrogens with zero attached hydrogens (tertiary/aromatic N) is 1. The van der Waals surface area contributed by atoms with E-state index in [1.165, 1.54) is 6.07 Å². The summed E-state index contributed by atoms with van der Waals surface area (Å²) in [6, 6.07) is 23.5. The number of rotatable bonds is 3. The van der Waals surface area contributed by atoms with Gasteiger partial charge in [0.05, 0.1) is 17.8 Å². The zero-order valence-electron chi connectivity index (χ0n) is 16.9. The van der Waals surface area contributed by atoms with Crippen molar-refractivity contribution < 1.29 is 17.6 Å². The van der Waals surface area contributed by atoms with Gasteiger partial charge in [-0.25, -0.2) is 0 Å². The van der Waals surface area contributed by atoms with Gasteiger partial charge in [-0.15, -0.1) is 0 Å². The van der Waals surface area contributed by atoms with E-state index in [2.05, 4.69) is 0 Å². The van der Waals surface area contributed by atoms with E-state index < -0.39 is 11.7 Å². The number of fused-ring (bicyclic) bond motifs is 2. The number of benzene rings is 3. The number of hydrogen-bond acceptors (Lipinski definition) is 2. The standard InChI is InChI=1S/C26H20F3NO/c1-17-15-30(16-20-14-19-10-5-6-13-23(19)31-20)25-21(11-7-12-22(25)26(27,28)29)24(17)18-8-3-2-4-9-18/h2-14H,15-16H2,1H3. The van der Waals surface area contributed by atoms with Crippen molar-refractivity contribution in [2.24, 2.45) is 0 Å². The van der Waals surface area contributed by atoms with E-state index in [1.54, 1.807) is 11.0 Å². The Hall–Kier alpha value is -3.47. The molecule has 0 unspecified atom stereocenters. The lowest BCUT2D eigenvalue weighted by Gasteiger charge is -2.35. The minimum Gasteiger partial charge on any atom is -0.459 e. The second-order valence-corrected chi connectivity index (χ2v) is 7.83. The SMILES string of the molecule is CC1=C(c2ccccc2)c2cccc(C(F)(F)F)c2N(Cc2cc3ccccc3o2)C1.